The number of rotatable bonds is 6. The minimum Gasteiger partial charge on any atom is -0.491 e. The van der Waals surface area contributed by atoms with Gasteiger partial charge in [0.15, 0.2) is 0 Å². The number of ether oxygens (including phenoxy) is 2. The van der Waals surface area contributed by atoms with Gasteiger partial charge in [-0.25, -0.2) is 0 Å². The molecule has 0 radical (unpaired) electrons. The van der Waals surface area contributed by atoms with Crippen molar-refractivity contribution in [1.82, 2.24) is 0 Å². The third-order valence-corrected chi connectivity index (χ3v) is 3.09. The minimum absolute atomic E-state index is 0.0118. The molecule has 0 unspecified atom stereocenters. The van der Waals surface area contributed by atoms with Crippen molar-refractivity contribution in [3.05, 3.63) is 27.7 Å². The Balaban J connectivity index is 2.68. The van der Waals surface area contributed by atoms with Gasteiger partial charge in [0.2, 0.25) is 0 Å². The summed E-state index contributed by atoms with van der Waals surface area (Å²) >= 11 is 12.5. The Morgan fingerprint density at radius 3 is 2.11 bits per heavy atom. The highest BCUT2D eigenvalue weighted by molar-refractivity contribution is 6.36. The molecule has 0 aromatic heterocycles. The number of hydrogen-bond acceptors (Lipinski definition) is 3. The van der Waals surface area contributed by atoms with Crippen molar-refractivity contribution in [1.29, 1.82) is 0 Å². The largest absolute Gasteiger partial charge is 0.491 e. The summed E-state index contributed by atoms with van der Waals surface area (Å²) in [5, 5.41) is 9.77. The molecule has 0 amide bonds. The Labute approximate surface area is 124 Å². The number of hydrogen-bond donors (Lipinski definition) is 1. The molecule has 1 rings (SSSR count). The van der Waals surface area contributed by atoms with Crippen LogP contribution in [0.5, 0.6) is 5.75 Å². The molecule has 0 saturated carbocycles. The van der Waals surface area contributed by atoms with Crippen LogP contribution >= 0.6 is 23.2 Å². The average Bonchev–Trinajstić information content (AvgIpc) is 2.25. The fourth-order valence-corrected chi connectivity index (χ4v) is 2.77. The van der Waals surface area contributed by atoms with Gasteiger partial charge in [-0.05, 0) is 23.1 Å². The minimum atomic E-state index is -0.114. The summed E-state index contributed by atoms with van der Waals surface area (Å²) in [6.45, 7) is 7.31. The molecular formula is C14H20Cl2O3. The first-order valence-electron chi connectivity index (χ1n) is 6.17. The summed E-state index contributed by atoms with van der Waals surface area (Å²) in [7, 11) is 0. The maximum Gasteiger partial charge on any atom is 0.122 e. The molecule has 108 valence electrons. The van der Waals surface area contributed by atoms with Crippen molar-refractivity contribution in [3.8, 4) is 5.75 Å². The summed E-state index contributed by atoms with van der Waals surface area (Å²) in [6, 6.07) is 3.53. The number of aliphatic hydroxyl groups excluding tert-OH is 1. The van der Waals surface area contributed by atoms with Gasteiger partial charge in [0.25, 0.3) is 0 Å². The van der Waals surface area contributed by atoms with Gasteiger partial charge < -0.3 is 14.6 Å². The van der Waals surface area contributed by atoms with E-state index in [0.717, 1.165) is 5.56 Å². The molecule has 5 heteroatoms. The van der Waals surface area contributed by atoms with Crippen LogP contribution in [-0.2, 0) is 10.2 Å². The van der Waals surface area contributed by atoms with Crippen LogP contribution in [0.3, 0.4) is 0 Å². The first kappa shape index (κ1) is 16.6. The molecule has 0 fully saturated rings. The number of aliphatic hydroxyl groups is 1. The summed E-state index contributed by atoms with van der Waals surface area (Å²) in [5.41, 5.74) is 0.802. The molecule has 3 nitrogen and oxygen atoms in total. The van der Waals surface area contributed by atoms with E-state index < -0.39 is 0 Å². The molecule has 0 aliphatic heterocycles. The zero-order chi connectivity index (χ0) is 14.5. The predicted octanol–water partition coefficient (Wildman–Crippen LogP) is 3.68. The van der Waals surface area contributed by atoms with Gasteiger partial charge in [-0.3, -0.25) is 0 Å². The second-order valence-electron chi connectivity index (χ2n) is 5.20. The molecule has 0 spiro atoms. The lowest BCUT2D eigenvalue weighted by Gasteiger charge is -2.22. The van der Waals surface area contributed by atoms with Crippen molar-refractivity contribution in [2.75, 3.05) is 26.4 Å². The standard InChI is InChI=1S/C14H20Cl2O3/c1-14(2,3)13-11(15)8-10(9-12(13)16)19-7-6-18-5-4-17/h8-9,17H,4-7H2,1-3H3. The Morgan fingerprint density at radius 2 is 1.63 bits per heavy atom. The van der Waals surface area contributed by atoms with E-state index in [2.05, 4.69) is 20.8 Å². The van der Waals surface area contributed by atoms with E-state index in [0.29, 0.717) is 35.6 Å². The zero-order valence-electron chi connectivity index (χ0n) is 11.5. The second kappa shape index (κ2) is 7.34. The van der Waals surface area contributed by atoms with Crippen LogP contribution in [0, 0.1) is 0 Å². The van der Waals surface area contributed by atoms with E-state index in [1.807, 2.05) is 0 Å². The van der Waals surface area contributed by atoms with Crippen molar-refractivity contribution >= 4 is 23.2 Å². The van der Waals surface area contributed by atoms with Gasteiger partial charge in [0.05, 0.1) is 19.8 Å². The quantitative estimate of drug-likeness (QED) is 0.815. The van der Waals surface area contributed by atoms with Gasteiger partial charge in [0, 0.05) is 10.0 Å². The summed E-state index contributed by atoms with van der Waals surface area (Å²) in [5.74, 6) is 0.621. The molecule has 0 atom stereocenters. The average molecular weight is 307 g/mol. The van der Waals surface area contributed by atoms with Gasteiger partial charge in [0.1, 0.15) is 12.4 Å². The van der Waals surface area contributed by atoms with Crippen LogP contribution in [-0.4, -0.2) is 31.5 Å². The number of benzene rings is 1. The van der Waals surface area contributed by atoms with Crippen LogP contribution in [0.15, 0.2) is 12.1 Å². The van der Waals surface area contributed by atoms with Crippen LogP contribution in [0.4, 0.5) is 0 Å². The molecule has 1 N–H and O–H groups in total. The highest BCUT2D eigenvalue weighted by Gasteiger charge is 2.21. The highest BCUT2D eigenvalue weighted by atomic mass is 35.5. The molecule has 1 aromatic carbocycles. The molecule has 0 bridgehead atoms. The first-order valence-corrected chi connectivity index (χ1v) is 6.92. The van der Waals surface area contributed by atoms with Gasteiger partial charge in [-0.15, -0.1) is 0 Å². The van der Waals surface area contributed by atoms with E-state index in [4.69, 9.17) is 37.8 Å². The lowest BCUT2D eigenvalue weighted by molar-refractivity contribution is 0.0705. The van der Waals surface area contributed by atoms with Crippen LogP contribution in [0.1, 0.15) is 26.3 Å². The van der Waals surface area contributed by atoms with E-state index in [1.54, 1.807) is 12.1 Å². The molecule has 0 saturated heterocycles. The molecule has 0 aliphatic carbocycles. The Morgan fingerprint density at radius 1 is 1.05 bits per heavy atom. The van der Waals surface area contributed by atoms with Crippen molar-refractivity contribution in [2.24, 2.45) is 0 Å². The Bertz CT molecular complexity index is 391. The van der Waals surface area contributed by atoms with Crippen LogP contribution < -0.4 is 4.74 Å². The number of halogens is 2. The van der Waals surface area contributed by atoms with Crippen LogP contribution in [0.25, 0.3) is 0 Å². The SMILES string of the molecule is CC(C)(C)c1c(Cl)cc(OCCOCCO)cc1Cl. The summed E-state index contributed by atoms with van der Waals surface area (Å²) < 4.78 is 10.6. The van der Waals surface area contributed by atoms with Crippen molar-refractivity contribution in [3.63, 3.8) is 0 Å². The van der Waals surface area contributed by atoms with E-state index in [9.17, 15) is 0 Å². The zero-order valence-corrected chi connectivity index (χ0v) is 13.0. The van der Waals surface area contributed by atoms with Crippen molar-refractivity contribution in [2.45, 2.75) is 26.2 Å². The second-order valence-corrected chi connectivity index (χ2v) is 6.01. The highest BCUT2D eigenvalue weighted by Crippen LogP contribution is 2.38. The van der Waals surface area contributed by atoms with Gasteiger partial charge in [-0.2, -0.15) is 0 Å². The van der Waals surface area contributed by atoms with Gasteiger partial charge in [-0.1, -0.05) is 44.0 Å². The summed E-state index contributed by atoms with van der Waals surface area (Å²) in [4.78, 5) is 0. The van der Waals surface area contributed by atoms with E-state index in [1.165, 1.54) is 0 Å². The van der Waals surface area contributed by atoms with Gasteiger partial charge >= 0.3 is 0 Å². The monoisotopic (exact) mass is 306 g/mol. The van der Waals surface area contributed by atoms with Crippen molar-refractivity contribution < 1.29 is 14.6 Å². The molecule has 1 aromatic rings. The lowest BCUT2D eigenvalue weighted by Crippen LogP contribution is -2.13. The maximum absolute atomic E-state index is 8.56. The molecule has 19 heavy (non-hydrogen) atoms. The Hall–Kier alpha value is -0.480. The lowest BCUT2D eigenvalue weighted by atomic mass is 9.87. The topological polar surface area (TPSA) is 38.7 Å². The third-order valence-electron chi connectivity index (χ3n) is 2.50. The smallest absolute Gasteiger partial charge is 0.122 e. The first-order chi connectivity index (χ1) is 8.86. The van der Waals surface area contributed by atoms with E-state index >= 15 is 0 Å². The predicted molar refractivity (Wildman–Crippen MR) is 78.6 cm³/mol. The normalized spacial score (nSPS) is 11.7. The molecular weight excluding hydrogens is 287 g/mol. The molecule has 0 aliphatic rings. The fourth-order valence-electron chi connectivity index (χ4n) is 1.73. The third kappa shape index (κ3) is 5.19. The Kier molecular flexibility index (Phi) is 6.40. The fraction of sp³-hybridized carbons (Fsp3) is 0.571. The van der Waals surface area contributed by atoms with Crippen LogP contribution in [0.2, 0.25) is 10.0 Å². The molecule has 0 heterocycles. The summed E-state index contributed by atoms with van der Waals surface area (Å²) in [6.07, 6.45) is 0. The van der Waals surface area contributed by atoms with E-state index in [-0.39, 0.29) is 12.0 Å². The maximum atomic E-state index is 8.56.